The van der Waals surface area contributed by atoms with E-state index >= 15 is 0 Å². The van der Waals surface area contributed by atoms with Gasteiger partial charge in [-0.05, 0) is 49.4 Å². The molecule has 0 spiro atoms. The average Bonchev–Trinajstić information content (AvgIpc) is 2.43. The molecule has 0 heterocycles. The highest BCUT2D eigenvalue weighted by atomic mass is 35.5. The van der Waals surface area contributed by atoms with Gasteiger partial charge in [0.05, 0.1) is 0 Å². The summed E-state index contributed by atoms with van der Waals surface area (Å²) in [5.74, 6) is 0. The minimum atomic E-state index is 0.909. The number of halogens is 1. The molecule has 0 nitrogen and oxygen atoms in total. The quantitative estimate of drug-likeness (QED) is 0.634. The van der Waals surface area contributed by atoms with E-state index in [2.05, 4.69) is 64.1 Å². The molecule has 2 aromatic rings. The minimum absolute atomic E-state index is 0.909. The molecule has 2 aromatic carbocycles. The average molecular weight is 289 g/mol. The number of benzene rings is 2. The van der Waals surface area contributed by atoms with Gasteiger partial charge in [-0.2, -0.15) is 0 Å². The van der Waals surface area contributed by atoms with Crippen molar-refractivity contribution in [2.75, 3.05) is 0 Å². The van der Waals surface area contributed by atoms with Gasteiger partial charge >= 0.3 is 0 Å². The van der Waals surface area contributed by atoms with Crippen molar-refractivity contribution >= 4 is 11.6 Å². The van der Waals surface area contributed by atoms with Gasteiger partial charge < -0.3 is 0 Å². The first-order valence-electron chi connectivity index (χ1n) is 7.37. The minimum Gasteiger partial charge on any atom is -0.0840 e. The lowest BCUT2D eigenvalue weighted by Crippen LogP contribution is -1.84. The molecule has 0 aliphatic heterocycles. The molecule has 0 saturated heterocycles. The third-order valence-electron chi connectivity index (χ3n) is 3.22. The largest absolute Gasteiger partial charge is 0.0840 e. The van der Waals surface area contributed by atoms with Gasteiger partial charge in [-0.3, -0.25) is 0 Å². The lowest BCUT2D eigenvalue weighted by Gasteiger charge is -2.02. The summed E-state index contributed by atoms with van der Waals surface area (Å²) < 4.78 is 0. The van der Waals surface area contributed by atoms with Crippen molar-refractivity contribution in [1.82, 2.24) is 0 Å². The van der Waals surface area contributed by atoms with E-state index in [9.17, 15) is 0 Å². The van der Waals surface area contributed by atoms with E-state index in [1.54, 1.807) is 0 Å². The Morgan fingerprint density at radius 3 is 2.10 bits per heavy atom. The molecule has 0 aliphatic carbocycles. The van der Waals surface area contributed by atoms with Crippen LogP contribution in [-0.2, 0) is 12.8 Å². The van der Waals surface area contributed by atoms with E-state index in [1.165, 1.54) is 22.3 Å². The molecule has 0 bridgehead atoms. The maximum atomic E-state index is 6.01. The van der Waals surface area contributed by atoms with Crippen molar-refractivity contribution < 1.29 is 0 Å². The van der Waals surface area contributed by atoms with Crippen LogP contribution in [0.1, 0.15) is 42.5 Å². The Bertz CT molecular complexity index is 529. The zero-order valence-electron chi connectivity index (χ0n) is 13.0. The molecule has 0 radical (unpaired) electrons. The normalized spacial score (nSPS) is 9.85. The molecular weight excluding hydrogens is 264 g/mol. The molecule has 1 heteroatoms. The molecule has 20 heavy (non-hydrogen) atoms. The van der Waals surface area contributed by atoms with Gasteiger partial charge in [-0.15, -0.1) is 0 Å². The Balaban J connectivity index is 0.000000204. The van der Waals surface area contributed by atoms with Crippen LogP contribution in [0.2, 0.25) is 5.02 Å². The molecule has 0 fully saturated rings. The van der Waals surface area contributed by atoms with Crippen LogP contribution in [0.15, 0.2) is 42.5 Å². The highest BCUT2D eigenvalue weighted by Crippen LogP contribution is 2.18. The zero-order valence-corrected chi connectivity index (χ0v) is 13.8. The van der Waals surface area contributed by atoms with Gasteiger partial charge in [0.15, 0.2) is 0 Å². The molecule has 0 aromatic heterocycles. The zero-order chi connectivity index (χ0) is 15.0. The van der Waals surface area contributed by atoms with Crippen LogP contribution in [0.25, 0.3) is 0 Å². The summed E-state index contributed by atoms with van der Waals surface area (Å²) in [5, 5.41) is 0.909. The summed E-state index contributed by atoms with van der Waals surface area (Å²) in [6.07, 6.45) is 3.38. The van der Waals surface area contributed by atoms with Crippen LogP contribution < -0.4 is 0 Å². The van der Waals surface area contributed by atoms with Crippen LogP contribution in [0.3, 0.4) is 0 Å². The van der Waals surface area contributed by atoms with E-state index in [1.807, 2.05) is 6.07 Å². The highest BCUT2D eigenvalue weighted by molar-refractivity contribution is 6.31. The molecule has 0 saturated carbocycles. The number of rotatable bonds is 3. The summed E-state index contributed by atoms with van der Waals surface area (Å²) in [5.41, 5.74) is 5.28. The monoisotopic (exact) mass is 288 g/mol. The first kappa shape index (κ1) is 16.8. The topological polar surface area (TPSA) is 0 Å². The van der Waals surface area contributed by atoms with Gasteiger partial charge in [-0.25, -0.2) is 0 Å². The smallest absolute Gasteiger partial charge is 0.0440 e. The van der Waals surface area contributed by atoms with Crippen LogP contribution in [-0.4, -0.2) is 0 Å². The van der Waals surface area contributed by atoms with Gasteiger partial charge in [-0.1, -0.05) is 73.8 Å². The summed E-state index contributed by atoms with van der Waals surface area (Å²) in [6, 6.07) is 14.9. The van der Waals surface area contributed by atoms with Crippen molar-refractivity contribution in [3.63, 3.8) is 0 Å². The second-order valence-electron chi connectivity index (χ2n) is 5.19. The second-order valence-corrected chi connectivity index (χ2v) is 5.59. The predicted octanol–water partition coefficient (Wildman–Crippen LogP) is 6.16. The van der Waals surface area contributed by atoms with E-state index in [0.29, 0.717) is 0 Å². The third kappa shape index (κ3) is 5.79. The molecule has 0 aliphatic rings. The van der Waals surface area contributed by atoms with Crippen molar-refractivity contribution in [2.45, 2.75) is 47.0 Å². The fraction of sp³-hybridized carbons (Fsp3) is 0.368. The van der Waals surface area contributed by atoms with Crippen LogP contribution in [0.5, 0.6) is 0 Å². The fourth-order valence-electron chi connectivity index (χ4n) is 2.06. The maximum Gasteiger partial charge on any atom is 0.0440 e. The molecule has 0 atom stereocenters. The second kappa shape index (κ2) is 8.81. The van der Waals surface area contributed by atoms with Gasteiger partial charge in [0.1, 0.15) is 0 Å². The van der Waals surface area contributed by atoms with Crippen LogP contribution >= 0.6 is 11.6 Å². The number of hydrogen-bond donors (Lipinski definition) is 0. The maximum absolute atomic E-state index is 6.01. The van der Waals surface area contributed by atoms with E-state index < -0.39 is 0 Å². The predicted molar refractivity (Wildman–Crippen MR) is 90.7 cm³/mol. The standard InChI is InChI=1S/C10H13Cl.C9H12/c1-3-4-9-6-5-8(2)7-10(9)11;1-3-9-6-4-5-8(2)7-9/h5-7H,3-4H2,1-2H3;4-7H,3H2,1-2H3. The number of hydrogen-bond acceptors (Lipinski definition) is 0. The molecule has 0 N–H and O–H groups in total. The van der Waals surface area contributed by atoms with Gasteiger partial charge in [0, 0.05) is 5.02 Å². The molecular formula is C19H25Cl. The third-order valence-corrected chi connectivity index (χ3v) is 3.57. The Morgan fingerprint density at radius 1 is 0.900 bits per heavy atom. The van der Waals surface area contributed by atoms with Crippen molar-refractivity contribution in [3.05, 3.63) is 69.7 Å². The molecule has 2 rings (SSSR count). The molecule has 108 valence electrons. The summed E-state index contributed by atoms with van der Waals surface area (Å²) in [6.45, 7) is 8.52. The summed E-state index contributed by atoms with van der Waals surface area (Å²) >= 11 is 6.01. The highest BCUT2D eigenvalue weighted by Gasteiger charge is 1.97. The van der Waals surface area contributed by atoms with E-state index in [4.69, 9.17) is 11.6 Å². The Kier molecular flexibility index (Phi) is 7.40. The number of aryl methyl sites for hydroxylation is 4. The van der Waals surface area contributed by atoms with E-state index in [-0.39, 0.29) is 0 Å². The van der Waals surface area contributed by atoms with Crippen molar-refractivity contribution in [2.24, 2.45) is 0 Å². The summed E-state index contributed by atoms with van der Waals surface area (Å²) in [7, 11) is 0. The van der Waals surface area contributed by atoms with Crippen LogP contribution in [0, 0.1) is 13.8 Å². The Morgan fingerprint density at radius 2 is 1.60 bits per heavy atom. The van der Waals surface area contributed by atoms with Crippen molar-refractivity contribution in [3.8, 4) is 0 Å². The van der Waals surface area contributed by atoms with Gasteiger partial charge in [0.25, 0.3) is 0 Å². The summed E-state index contributed by atoms with van der Waals surface area (Å²) in [4.78, 5) is 0. The lowest BCUT2D eigenvalue weighted by molar-refractivity contribution is 0.921. The fourth-order valence-corrected chi connectivity index (χ4v) is 2.39. The SMILES string of the molecule is CCCc1ccc(C)cc1Cl.CCc1cccc(C)c1. The van der Waals surface area contributed by atoms with Gasteiger partial charge in [0.2, 0.25) is 0 Å². The lowest BCUT2D eigenvalue weighted by atomic mass is 10.1. The first-order chi connectivity index (χ1) is 9.56. The van der Waals surface area contributed by atoms with Crippen LogP contribution in [0.4, 0.5) is 0 Å². The Hall–Kier alpha value is -1.27. The molecule has 0 unspecified atom stereocenters. The Labute approximate surface area is 128 Å². The van der Waals surface area contributed by atoms with E-state index in [0.717, 1.165) is 24.3 Å². The first-order valence-corrected chi connectivity index (χ1v) is 7.75. The van der Waals surface area contributed by atoms with Crippen molar-refractivity contribution in [1.29, 1.82) is 0 Å². The molecule has 0 amide bonds.